The molecule has 1 aliphatic carbocycles. The number of hydrogen-bond acceptors (Lipinski definition) is 1. The summed E-state index contributed by atoms with van der Waals surface area (Å²) in [5, 5.41) is 0.778. The molecular formula is C36H52NPTi. The maximum Gasteiger partial charge on any atom is 0.0425 e. The van der Waals surface area contributed by atoms with Crippen molar-refractivity contribution in [3.05, 3.63) is 108 Å². The summed E-state index contributed by atoms with van der Waals surface area (Å²) in [6, 6.07) is 20.6. The summed E-state index contributed by atoms with van der Waals surface area (Å²) >= 11 is 0. The van der Waals surface area contributed by atoms with Crippen LogP contribution in [0.3, 0.4) is 0 Å². The molecule has 0 radical (unpaired) electrons. The second kappa shape index (κ2) is 16.0. The molecule has 0 aromatic heterocycles. The maximum atomic E-state index is 5.64. The quantitative estimate of drug-likeness (QED) is 0.151. The minimum absolute atomic E-state index is 0. The zero-order valence-electron chi connectivity index (χ0n) is 26.0. The van der Waals surface area contributed by atoms with Crippen molar-refractivity contribution in [3.8, 4) is 0 Å². The van der Waals surface area contributed by atoms with E-state index in [4.69, 9.17) is 4.74 Å². The van der Waals surface area contributed by atoms with E-state index in [1.165, 1.54) is 36.1 Å². The number of rotatable bonds is 10. The summed E-state index contributed by atoms with van der Waals surface area (Å²) in [6.45, 7) is 21.9. The van der Waals surface area contributed by atoms with Crippen molar-refractivity contribution in [3.63, 3.8) is 0 Å². The van der Waals surface area contributed by atoms with Crippen molar-refractivity contribution >= 4 is 19.2 Å². The van der Waals surface area contributed by atoms with Gasteiger partial charge in [0.05, 0.1) is 0 Å². The third kappa shape index (κ3) is 8.92. The summed E-state index contributed by atoms with van der Waals surface area (Å²) in [5.74, 6) is 0. The average molecular weight is 578 g/mol. The van der Waals surface area contributed by atoms with Crippen molar-refractivity contribution in [1.82, 2.24) is 0 Å². The zero-order chi connectivity index (χ0) is 28.3. The summed E-state index contributed by atoms with van der Waals surface area (Å²) in [5.41, 5.74) is 3.75. The van der Waals surface area contributed by atoms with E-state index in [9.17, 15) is 0 Å². The van der Waals surface area contributed by atoms with Crippen LogP contribution in [0, 0.1) is 0 Å². The first kappa shape index (κ1) is 35.4. The van der Waals surface area contributed by atoms with Crippen LogP contribution < -0.4 is 0 Å². The van der Waals surface area contributed by atoms with Crippen molar-refractivity contribution in [1.29, 1.82) is 0 Å². The third-order valence-electron chi connectivity index (χ3n) is 8.54. The topological polar surface area (TPSA) is 12.4 Å². The van der Waals surface area contributed by atoms with E-state index in [1.54, 1.807) is 0 Å². The zero-order valence-corrected chi connectivity index (χ0v) is 28.5. The van der Waals surface area contributed by atoms with Crippen LogP contribution in [-0.2, 0) is 21.7 Å². The molecule has 0 saturated heterocycles. The van der Waals surface area contributed by atoms with Crippen LogP contribution in [0.25, 0.3) is 12.2 Å². The van der Waals surface area contributed by atoms with Crippen LogP contribution in [0.5, 0.6) is 0 Å². The monoisotopic (exact) mass is 577 g/mol. The van der Waals surface area contributed by atoms with Crippen molar-refractivity contribution in [2.75, 3.05) is 0 Å². The number of hydrogen-bond donors (Lipinski definition) is 0. The van der Waals surface area contributed by atoms with E-state index in [1.807, 2.05) is 36.4 Å². The van der Waals surface area contributed by atoms with E-state index >= 15 is 0 Å². The molecule has 0 heterocycles. The Hall–Kier alpha value is -1.66. The van der Waals surface area contributed by atoms with E-state index < -0.39 is 7.05 Å². The molecule has 39 heavy (non-hydrogen) atoms. The molecule has 1 nitrogen and oxygen atoms in total. The van der Waals surface area contributed by atoms with Crippen LogP contribution in [0.2, 0.25) is 0 Å². The smallest absolute Gasteiger partial charge is 0.0425 e. The Balaban J connectivity index is 0.000000396. The Bertz CT molecular complexity index is 1070. The average Bonchev–Trinajstić information content (AvgIpc) is 3.44. The van der Waals surface area contributed by atoms with Gasteiger partial charge in [0.25, 0.3) is 0 Å². The minimum Gasteiger partial charge on any atom is -0.270 e. The van der Waals surface area contributed by atoms with Gasteiger partial charge in [-0.25, -0.2) is 0 Å². The van der Waals surface area contributed by atoms with Gasteiger partial charge in [-0.3, -0.25) is 4.74 Å². The molecule has 0 spiro atoms. The van der Waals surface area contributed by atoms with E-state index in [0.717, 1.165) is 6.42 Å². The first-order valence-corrected chi connectivity index (χ1v) is 16.1. The summed E-state index contributed by atoms with van der Waals surface area (Å²) in [7, 11) is -1.64. The molecule has 0 bridgehead atoms. The van der Waals surface area contributed by atoms with E-state index in [0.29, 0.717) is 0 Å². The molecule has 0 aliphatic heterocycles. The van der Waals surface area contributed by atoms with Crippen molar-refractivity contribution in [2.45, 2.75) is 103 Å². The van der Waals surface area contributed by atoms with Gasteiger partial charge in [-0.15, -0.1) is 0 Å². The fourth-order valence-electron chi connectivity index (χ4n) is 5.71. The molecule has 0 saturated carbocycles. The maximum absolute atomic E-state index is 5.64. The van der Waals surface area contributed by atoms with Gasteiger partial charge in [-0.2, -0.15) is 0 Å². The van der Waals surface area contributed by atoms with Gasteiger partial charge in [-0.05, 0) is 43.5 Å². The summed E-state index contributed by atoms with van der Waals surface area (Å²) < 4.78 is 5.64. The van der Waals surface area contributed by atoms with E-state index in [2.05, 4.69) is 129 Å². The fraction of sp³-hybridized carbons (Fsp3) is 0.444. The largest absolute Gasteiger partial charge is 0.270 e. The number of nitrogens with zero attached hydrogens (tertiary/aromatic N) is 1. The SMILES string of the molecule is C(C=Cc1ccccc1)=Cc1ccccc1.CCC(C)(C)P(=NC1=CC=CC1)(C(C)(C)CC)C(C)(C)CC.[Ti]. The van der Waals surface area contributed by atoms with Gasteiger partial charge < -0.3 is 0 Å². The van der Waals surface area contributed by atoms with Gasteiger partial charge in [0.15, 0.2) is 0 Å². The van der Waals surface area contributed by atoms with Crippen molar-refractivity contribution < 1.29 is 21.7 Å². The second-order valence-electron chi connectivity index (χ2n) is 12.1. The van der Waals surface area contributed by atoms with Gasteiger partial charge in [-0.1, -0.05) is 159 Å². The molecule has 1 aliphatic rings. The third-order valence-corrected chi connectivity index (χ3v) is 15.3. The first-order valence-electron chi connectivity index (χ1n) is 14.4. The number of allylic oxidation sites excluding steroid dienone is 5. The fourth-order valence-corrected chi connectivity index (χ4v) is 13.3. The predicted molar refractivity (Wildman–Crippen MR) is 175 cm³/mol. The van der Waals surface area contributed by atoms with Gasteiger partial charge >= 0.3 is 0 Å². The standard InChI is InChI=1S/C20H38NP.C16H14.Ti/c1-10-18(4,5)22(19(6,7)11-2,20(8,9)12-3)21-17-15-13-14-16-17;1-3-9-15(10-4-1)13-7-8-14-16-11-5-2-6-12-16;/h13-15H,10-12,16H2,1-9H3;1-14H;. The van der Waals surface area contributed by atoms with Crippen LogP contribution in [0.15, 0.2) is 101 Å². The Labute approximate surface area is 255 Å². The summed E-state index contributed by atoms with van der Waals surface area (Å²) in [6.07, 6.45) is 19.5. The molecular weight excluding hydrogens is 525 g/mol. The second-order valence-corrected chi connectivity index (χ2v) is 17.2. The molecule has 3 heteroatoms. The van der Waals surface area contributed by atoms with Crippen LogP contribution in [-0.4, -0.2) is 15.5 Å². The van der Waals surface area contributed by atoms with E-state index in [-0.39, 0.29) is 37.2 Å². The van der Waals surface area contributed by atoms with Crippen LogP contribution in [0.1, 0.15) is 99.1 Å². The number of benzene rings is 2. The molecule has 2 aromatic carbocycles. The van der Waals surface area contributed by atoms with Crippen molar-refractivity contribution in [2.24, 2.45) is 4.74 Å². The molecule has 0 N–H and O–H groups in total. The van der Waals surface area contributed by atoms with Crippen LogP contribution >= 0.6 is 7.05 Å². The molecule has 2 aromatic rings. The van der Waals surface area contributed by atoms with Gasteiger partial charge in [0.1, 0.15) is 0 Å². The molecule has 0 atom stereocenters. The predicted octanol–water partition coefficient (Wildman–Crippen LogP) is 12.0. The Morgan fingerprint density at radius 1 is 0.667 bits per heavy atom. The normalized spacial score (nSPS) is 14.1. The molecule has 0 unspecified atom stereocenters. The van der Waals surface area contributed by atoms with Crippen LogP contribution in [0.4, 0.5) is 0 Å². The first-order chi connectivity index (χ1) is 18.0. The Morgan fingerprint density at radius 3 is 1.36 bits per heavy atom. The molecule has 210 valence electrons. The summed E-state index contributed by atoms with van der Waals surface area (Å²) in [4.78, 5) is 0. The minimum atomic E-state index is -1.64. The molecule has 0 fully saturated rings. The molecule has 3 rings (SSSR count). The molecule has 0 amide bonds. The Kier molecular flexibility index (Phi) is 14.5. The van der Waals surface area contributed by atoms with Gasteiger partial charge in [0.2, 0.25) is 0 Å². The Morgan fingerprint density at radius 2 is 1.05 bits per heavy atom. The van der Waals surface area contributed by atoms with Gasteiger partial charge in [0, 0.05) is 49.3 Å².